The Hall–Kier alpha value is -2.12. The fourth-order valence-electron chi connectivity index (χ4n) is 3.30. The van der Waals surface area contributed by atoms with Gasteiger partial charge in [-0.3, -0.25) is 4.79 Å². The number of aliphatic hydroxyl groups is 1. The Morgan fingerprint density at radius 3 is 2.21 bits per heavy atom. The second kappa shape index (κ2) is 12.9. The molecule has 0 saturated heterocycles. The highest BCUT2D eigenvalue weighted by molar-refractivity contribution is 7.91. The highest BCUT2D eigenvalue weighted by Gasteiger charge is 2.35. The van der Waals surface area contributed by atoms with E-state index in [1.807, 2.05) is 6.92 Å². The molecule has 1 unspecified atom stereocenters. The minimum absolute atomic E-state index is 0.132. The van der Waals surface area contributed by atoms with Crippen LogP contribution in [0, 0.1) is 11.3 Å². The number of rotatable bonds is 14. The molecule has 33 heavy (non-hydrogen) atoms. The molecule has 0 aromatic heterocycles. The smallest absolute Gasteiger partial charge is 0.380 e. The first-order valence-electron chi connectivity index (χ1n) is 11.2. The van der Waals surface area contributed by atoms with E-state index in [-0.39, 0.29) is 23.6 Å². The van der Waals surface area contributed by atoms with Crippen molar-refractivity contribution in [2.75, 3.05) is 16.8 Å². The summed E-state index contributed by atoms with van der Waals surface area (Å²) >= 11 is 0. The monoisotopic (exact) mass is 490 g/mol. The van der Waals surface area contributed by atoms with Gasteiger partial charge in [0.05, 0.1) is 28.7 Å². The number of hydrogen-bond acceptors (Lipinski definition) is 5. The molecular weight excluding hydrogens is 457 g/mol. The van der Waals surface area contributed by atoms with Crippen LogP contribution in [-0.2, 0) is 20.8 Å². The number of anilines is 1. The quantitative estimate of drug-likeness (QED) is 0.348. The lowest BCUT2D eigenvalue weighted by atomic mass is 9.96. The van der Waals surface area contributed by atoms with Gasteiger partial charge in [-0.2, -0.15) is 18.4 Å². The first kappa shape index (κ1) is 28.9. The molecule has 0 aliphatic rings. The number of carbonyl (C=O) groups is 1. The maximum Gasteiger partial charge on any atom is 0.417 e. The van der Waals surface area contributed by atoms with Gasteiger partial charge in [0.2, 0.25) is 0 Å². The van der Waals surface area contributed by atoms with Gasteiger partial charge >= 0.3 is 6.18 Å². The van der Waals surface area contributed by atoms with Crippen molar-refractivity contribution in [1.82, 2.24) is 0 Å². The molecule has 2 N–H and O–H groups in total. The third-order valence-corrected chi connectivity index (χ3v) is 7.19. The zero-order valence-electron chi connectivity index (χ0n) is 19.2. The molecule has 0 heterocycles. The number of unbranched alkanes of at least 4 members (excludes halogenated alkanes) is 6. The molecule has 10 heteroatoms. The summed E-state index contributed by atoms with van der Waals surface area (Å²) in [5.41, 5.74) is -3.62. The highest BCUT2D eigenvalue weighted by atomic mass is 32.2. The van der Waals surface area contributed by atoms with E-state index >= 15 is 0 Å². The predicted octanol–water partition coefficient (Wildman–Crippen LogP) is 5.21. The van der Waals surface area contributed by atoms with E-state index in [0.29, 0.717) is 25.3 Å². The van der Waals surface area contributed by atoms with Gasteiger partial charge in [0, 0.05) is 5.69 Å². The zero-order valence-corrected chi connectivity index (χ0v) is 20.0. The van der Waals surface area contributed by atoms with Gasteiger partial charge in [-0.1, -0.05) is 45.4 Å². The molecule has 1 aromatic rings. The molecule has 0 fully saturated rings. The molecule has 1 amide bonds. The van der Waals surface area contributed by atoms with Gasteiger partial charge in [-0.15, -0.1) is 0 Å². The first-order chi connectivity index (χ1) is 15.3. The van der Waals surface area contributed by atoms with Crippen molar-refractivity contribution < 1.29 is 31.5 Å². The van der Waals surface area contributed by atoms with Gasteiger partial charge in [0.25, 0.3) is 5.91 Å². The maximum absolute atomic E-state index is 13.1. The highest BCUT2D eigenvalue weighted by Crippen LogP contribution is 2.33. The fourth-order valence-corrected chi connectivity index (χ4v) is 4.87. The standard InChI is InChI=1S/C23H33F3N2O4S/c1-3-4-14-33(31,32)15-10-8-6-5-7-9-13-22(2,30)21(29)28-19-12-11-18(17-27)20(16-19)23(24,25)26/h11-12,16,30H,3-10,13-15H2,1-2H3,(H,28,29). The summed E-state index contributed by atoms with van der Waals surface area (Å²) in [7, 11) is -2.97. The summed E-state index contributed by atoms with van der Waals surface area (Å²) in [6.07, 6.45) is 1.30. The van der Waals surface area contributed by atoms with Crippen LogP contribution in [0.3, 0.4) is 0 Å². The number of alkyl halides is 3. The van der Waals surface area contributed by atoms with E-state index in [2.05, 4.69) is 5.32 Å². The molecule has 1 atom stereocenters. The average molecular weight is 491 g/mol. The fraction of sp³-hybridized carbons (Fsp3) is 0.652. The molecule has 1 rings (SSSR count). The topological polar surface area (TPSA) is 107 Å². The molecule has 0 bridgehead atoms. The Balaban J connectivity index is 2.41. The van der Waals surface area contributed by atoms with E-state index in [1.54, 1.807) is 0 Å². The second-order valence-corrected chi connectivity index (χ2v) is 10.8. The number of amides is 1. The maximum atomic E-state index is 13.1. The number of hydrogen-bond donors (Lipinski definition) is 2. The summed E-state index contributed by atoms with van der Waals surface area (Å²) in [6.45, 7) is 3.26. The zero-order chi connectivity index (χ0) is 25.1. The summed E-state index contributed by atoms with van der Waals surface area (Å²) in [5, 5.41) is 21.5. The molecule has 0 radical (unpaired) electrons. The van der Waals surface area contributed by atoms with Crippen molar-refractivity contribution >= 4 is 21.4 Å². The number of nitrogens with zero attached hydrogens (tertiary/aromatic N) is 1. The van der Waals surface area contributed by atoms with Crippen molar-refractivity contribution in [1.29, 1.82) is 5.26 Å². The SMILES string of the molecule is CCCCS(=O)(=O)CCCCCCCCC(C)(O)C(=O)Nc1ccc(C#N)c(C(F)(F)F)c1. The van der Waals surface area contributed by atoms with Crippen LogP contribution in [0.15, 0.2) is 18.2 Å². The molecule has 0 aliphatic heterocycles. The lowest BCUT2D eigenvalue weighted by Gasteiger charge is -2.22. The van der Waals surface area contributed by atoms with E-state index < -0.39 is 38.6 Å². The van der Waals surface area contributed by atoms with Crippen LogP contribution in [0.4, 0.5) is 18.9 Å². The van der Waals surface area contributed by atoms with Crippen LogP contribution < -0.4 is 5.32 Å². The Bertz CT molecular complexity index is 923. The van der Waals surface area contributed by atoms with E-state index in [0.717, 1.165) is 38.2 Å². The molecule has 1 aromatic carbocycles. The largest absolute Gasteiger partial charge is 0.417 e. The van der Waals surface area contributed by atoms with Gasteiger partial charge in [-0.05, 0) is 44.4 Å². The number of halogens is 3. The van der Waals surface area contributed by atoms with E-state index in [1.165, 1.54) is 19.1 Å². The van der Waals surface area contributed by atoms with Gasteiger partial charge < -0.3 is 10.4 Å². The number of sulfone groups is 1. The van der Waals surface area contributed by atoms with Crippen molar-refractivity contribution in [2.45, 2.75) is 83.4 Å². The van der Waals surface area contributed by atoms with E-state index in [4.69, 9.17) is 5.26 Å². The van der Waals surface area contributed by atoms with Crippen molar-refractivity contribution in [2.24, 2.45) is 0 Å². The number of carbonyl (C=O) groups excluding carboxylic acids is 1. The molecule has 0 aliphatic carbocycles. The average Bonchev–Trinajstić information content (AvgIpc) is 2.73. The molecule has 0 spiro atoms. The summed E-state index contributed by atoms with van der Waals surface area (Å²) in [5.74, 6) is -0.383. The Morgan fingerprint density at radius 2 is 1.64 bits per heavy atom. The van der Waals surface area contributed by atoms with Crippen LogP contribution in [0.5, 0.6) is 0 Å². The van der Waals surface area contributed by atoms with Crippen LogP contribution in [0.1, 0.15) is 82.8 Å². The summed E-state index contributed by atoms with van der Waals surface area (Å²) < 4.78 is 62.8. The molecule has 0 saturated carbocycles. The Kier molecular flexibility index (Phi) is 11.3. The van der Waals surface area contributed by atoms with Crippen LogP contribution in [0.25, 0.3) is 0 Å². The molecule has 186 valence electrons. The molecule has 6 nitrogen and oxygen atoms in total. The lowest BCUT2D eigenvalue weighted by Crippen LogP contribution is -2.40. The van der Waals surface area contributed by atoms with Crippen molar-refractivity contribution in [3.63, 3.8) is 0 Å². The van der Waals surface area contributed by atoms with Gasteiger partial charge in [0.1, 0.15) is 15.4 Å². The minimum Gasteiger partial charge on any atom is -0.380 e. The van der Waals surface area contributed by atoms with Crippen LogP contribution >= 0.6 is 0 Å². The number of benzene rings is 1. The minimum atomic E-state index is -4.74. The summed E-state index contributed by atoms with van der Waals surface area (Å²) in [6, 6.07) is 4.30. The Morgan fingerprint density at radius 1 is 1.06 bits per heavy atom. The van der Waals surface area contributed by atoms with Crippen molar-refractivity contribution in [3.8, 4) is 6.07 Å². The third-order valence-electron chi connectivity index (χ3n) is 5.37. The first-order valence-corrected chi connectivity index (χ1v) is 13.0. The van der Waals surface area contributed by atoms with Gasteiger partial charge in [-0.25, -0.2) is 8.42 Å². The summed E-state index contributed by atoms with van der Waals surface area (Å²) in [4.78, 5) is 12.4. The molecular formula is C23H33F3N2O4S. The van der Waals surface area contributed by atoms with Crippen LogP contribution in [-0.4, -0.2) is 36.5 Å². The lowest BCUT2D eigenvalue weighted by molar-refractivity contribution is -0.138. The number of nitrogens with one attached hydrogen (secondary N) is 1. The third kappa shape index (κ3) is 10.6. The van der Waals surface area contributed by atoms with Gasteiger partial charge in [0.15, 0.2) is 0 Å². The predicted molar refractivity (Wildman–Crippen MR) is 121 cm³/mol. The van der Waals surface area contributed by atoms with Crippen LogP contribution in [0.2, 0.25) is 0 Å². The normalized spacial score (nSPS) is 13.8. The van der Waals surface area contributed by atoms with E-state index in [9.17, 15) is 31.5 Å². The Labute approximate surface area is 194 Å². The second-order valence-electron chi connectivity index (χ2n) is 8.47. The number of nitriles is 1. The van der Waals surface area contributed by atoms with Crippen molar-refractivity contribution in [3.05, 3.63) is 29.3 Å².